The molecule has 0 atom stereocenters. The van der Waals surface area contributed by atoms with Gasteiger partial charge >= 0.3 is 0 Å². The van der Waals surface area contributed by atoms with Crippen LogP contribution in [0.25, 0.3) is 0 Å². The van der Waals surface area contributed by atoms with Crippen molar-refractivity contribution in [1.29, 1.82) is 0 Å². The summed E-state index contributed by atoms with van der Waals surface area (Å²) < 4.78 is 30.2. The van der Waals surface area contributed by atoms with Gasteiger partial charge in [-0.3, -0.25) is 0 Å². The van der Waals surface area contributed by atoms with E-state index in [4.69, 9.17) is 27.6 Å². The molecule has 2 rings (SSSR count). The molecule has 0 unspecified atom stereocenters. The Balaban J connectivity index is 2.12. The Morgan fingerprint density at radius 1 is 1.19 bits per heavy atom. The molecule has 1 N–H and O–H groups in total. The summed E-state index contributed by atoms with van der Waals surface area (Å²) in [5.74, 6) is 0.478. The first kappa shape index (κ1) is 16.2. The van der Waals surface area contributed by atoms with Crippen molar-refractivity contribution < 1.29 is 12.8 Å². The first-order chi connectivity index (χ1) is 9.82. The Labute approximate surface area is 133 Å². The van der Waals surface area contributed by atoms with Crippen molar-refractivity contribution in [3.8, 4) is 0 Å². The Kier molecular flexibility index (Phi) is 4.83. The van der Waals surface area contributed by atoms with Crippen LogP contribution in [0.3, 0.4) is 0 Å². The average molecular weight is 349 g/mol. The van der Waals surface area contributed by atoms with Gasteiger partial charge in [-0.25, -0.2) is 12.7 Å². The van der Waals surface area contributed by atoms with Crippen LogP contribution in [0.4, 0.5) is 5.69 Å². The van der Waals surface area contributed by atoms with Crippen LogP contribution in [0.2, 0.25) is 10.0 Å². The summed E-state index contributed by atoms with van der Waals surface area (Å²) in [4.78, 5) is 0. The van der Waals surface area contributed by atoms with Crippen LogP contribution in [0.15, 0.2) is 39.8 Å². The van der Waals surface area contributed by atoms with Crippen LogP contribution < -0.4 is 5.32 Å². The highest BCUT2D eigenvalue weighted by Crippen LogP contribution is 2.30. The van der Waals surface area contributed by atoms with Gasteiger partial charge in [0.05, 0.1) is 22.3 Å². The predicted octanol–water partition coefficient (Wildman–Crippen LogP) is 3.45. The predicted molar refractivity (Wildman–Crippen MR) is 83.4 cm³/mol. The lowest BCUT2D eigenvalue weighted by Crippen LogP contribution is -2.21. The lowest BCUT2D eigenvalue weighted by molar-refractivity contribution is 0.402. The van der Waals surface area contributed by atoms with Crippen molar-refractivity contribution in [3.63, 3.8) is 0 Å². The monoisotopic (exact) mass is 348 g/mol. The normalized spacial score (nSPS) is 11.9. The average Bonchev–Trinajstić information content (AvgIpc) is 2.90. The number of rotatable bonds is 5. The number of hydrogen-bond acceptors (Lipinski definition) is 4. The van der Waals surface area contributed by atoms with Crippen molar-refractivity contribution in [2.24, 2.45) is 0 Å². The SMILES string of the molecule is CN(C)S(=O)(=O)c1ccc(CNc2cccc(Cl)c2Cl)o1. The van der Waals surface area contributed by atoms with Crippen LogP contribution >= 0.6 is 23.2 Å². The highest BCUT2D eigenvalue weighted by atomic mass is 35.5. The standard InChI is InChI=1S/C13H14Cl2N2O3S/c1-17(2)21(18,19)12-7-6-9(20-12)8-16-11-5-3-4-10(14)13(11)15/h3-7,16H,8H2,1-2H3. The maximum absolute atomic E-state index is 11.9. The van der Waals surface area contributed by atoms with Crippen molar-refractivity contribution in [2.75, 3.05) is 19.4 Å². The molecule has 0 saturated heterocycles. The fraction of sp³-hybridized carbons (Fsp3) is 0.231. The third-order valence-corrected chi connectivity index (χ3v) is 5.28. The molecule has 8 heteroatoms. The van der Waals surface area contributed by atoms with Gasteiger partial charge in [0.25, 0.3) is 10.0 Å². The molecular formula is C13H14Cl2N2O3S. The van der Waals surface area contributed by atoms with Crippen LogP contribution in [-0.4, -0.2) is 26.8 Å². The Bertz CT molecular complexity index is 742. The third kappa shape index (κ3) is 3.52. The first-order valence-electron chi connectivity index (χ1n) is 6.01. The van der Waals surface area contributed by atoms with Crippen molar-refractivity contribution >= 4 is 38.9 Å². The molecule has 5 nitrogen and oxygen atoms in total. The molecule has 1 heterocycles. The largest absolute Gasteiger partial charge is 0.446 e. The van der Waals surface area contributed by atoms with E-state index in [-0.39, 0.29) is 5.09 Å². The molecular weight excluding hydrogens is 335 g/mol. The van der Waals surface area contributed by atoms with E-state index >= 15 is 0 Å². The molecule has 0 amide bonds. The highest BCUT2D eigenvalue weighted by Gasteiger charge is 2.21. The van der Waals surface area contributed by atoms with Gasteiger partial charge in [0.15, 0.2) is 0 Å². The maximum atomic E-state index is 11.9. The molecule has 114 valence electrons. The Morgan fingerprint density at radius 2 is 1.90 bits per heavy atom. The summed E-state index contributed by atoms with van der Waals surface area (Å²) in [7, 11) is -0.670. The van der Waals surface area contributed by atoms with E-state index in [9.17, 15) is 8.42 Å². The molecule has 1 aromatic heterocycles. The molecule has 0 aliphatic rings. The number of halogens is 2. The summed E-state index contributed by atoms with van der Waals surface area (Å²) in [5.41, 5.74) is 0.651. The number of anilines is 1. The van der Waals surface area contributed by atoms with E-state index in [2.05, 4.69) is 5.32 Å². The molecule has 0 aliphatic heterocycles. The summed E-state index contributed by atoms with van der Waals surface area (Å²) in [6.07, 6.45) is 0. The van der Waals surface area contributed by atoms with Gasteiger partial charge in [-0.2, -0.15) is 0 Å². The molecule has 1 aromatic carbocycles. The smallest absolute Gasteiger partial charge is 0.275 e. The van der Waals surface area contributed by atoms with Crippen LogP contribution in [0, 0.1) is 0 Å². The van der Waals surface area contributed by atoms with E-state index in [1.165, 1.54) is 20.2 Å². The van der Waals surface area contributed by atoms with Crippen LogP contribution in [0.5, 0.6) is 0 Å². The minimum atomic E-state index is -3.56. The van der Waals surface area contributed by atoms with Gasteiger partial charge in [-0.15, -0.1) is 0 Å². The second-order valence-electron chi connectivity index (χ2n) is 4.46. The molecule has 0 saturated carbocycles. The van der Waals surface area contributed by atoms with Gasteiger partial charge in [0.1, 0.15) is 5.76 Å². The summed E-state index contributed by atoms with van der Waals surface area (Å²) >= 11 is 12.0. The van der Waals surface area contributed by atoms with Crippen molar-refractivity contribution in [2.45, 2.75) is 11.6 Å². The maximum Gasteiger partial charge on any atom is 0.275 e. The summed E-state index contributed by atoms with van der Waals surface area (Å²) in [6, 6.07) is 8.24. The summed E-state index contributed by atoms with van der Waals surface area (Å²) in [6.45, 7) is 0.295. The summed E-state index contributed by atoms with van der Waals surface area (Å²) in [5, 5.41) is 3.80. The lowest BCUT2D eigenvalue weighted by Gasteiger charge is -2.09. The zero-order chi connectivity index (χ0) is 15.6. The second kappa shape index (κ2) is 6.27. The topological polar surface area (TPSA) is 62.6 Å². The fourth-order valence-corrected chi connectivity index (χ4v) is 2.77. The van der Waals surface area contributed by atoms with Gasteiger partial charge in [0, 0.05) is 14.1 Å². The number of sulfonamides is 1. The number of nitrogens with one attached hydrogen (secondary N) is 1. The zero-order valence-corrected chi connectivity index (χ0v) is 13.8. The van der Waals surface area contributed by atoms with E-state index in [1.54, 1.807) is 24.3 Å². The molecule has 21 heavy (non-hydrogen) atoms. The van der Waals surface area contributed by atoms with E-state index in [1.807, 2.05) is 0 Å². The van der Waals surface area contributed by atoms with Crippen molar-refractivity contribution in [1.82, 2.24) is 4.31 Å². The molecule has 0 spiro atoms. The Morgan fingerprint density at radius 3 is 2.57 bits per heavy atom. The number of nitrogens with zero attached hydrogens (tertiary/aromatic N) is 1. The Hall–Kier alpha value is -1.21. The quantitative estimate of drug-likeness (QED) is 0.898. The molecule has 2 aromatic rings. The number of benzene rings is 1. The van der Waals surface area contributed by atoms with Gasteiger partial charge in [0.2, 0.25) is 5.09 Å². The molecule has 0 radical (unpaired) electrons. The van der Waals surface area contributed by atoms with Crippen LogP contribution in [0.1, 0.15) is 5.76 Å². The molecule has 0 fully saturated rings. The first-order valence-corrected chi connectivity index (χ1v) is 8.21. The van der Waals surface area contributed by atoms with E-state index < -0.39 is 10.0 Å². The van der Waals surface area contributed by atoms with Crippen LogP contribution in [-0.2, 0) is 16.6 Å². The third-order valence-electron chi connectivity index (χ3n) is 2.78. The van der Waals surface area contributed by atoms with E-state index in [0.29, 0.717) is 28.0 Å². The zero-order valence-electron chi connectivity index (χ0n) is 11.4. The molecule has 0 bridgehead atoms. The van der Waals surface area contributed by atoms with Gasteiger partial charge in [-0.05, 0) is 24.3 Å². The second-order valence-corrected chi connectivity index (χ2v) is 7.33. The van der Waals surface area contributed by atoms with Crippen molar-refractivity contribution in [3.05, 3.63) is 46.1 Å². The molecule has 0 aliphatic carbocycles. The highest BCUT2D eigenvalue weighted by molar-refractivity contribution is 7.88. The lowest BCUT2D eigenvalue weighted by atomic mass is 10.3. The number of furan rings is 1. The van der Waals surface area contributed by atoms with Gasteiger partial charge < -0.3 is 9.73 Å². The number of hydrogen-bond donors (Lipinski definition) is 1. The minimum absolute atomic E-state index is 0.0958. The fourth-order valence-electron chi connectivity index (χ4n) is 1.59. The van der Waals surface area contributed by atoms with E-state index in [0.717, 1.165) is 4.31 Å². The minimum Gasteiger partial charge on any atom is -0.446 e. The van der Waals surface area contributed by atoms with Gasteiger partial charge in [-0.1, -0.05) is 29.3 Å².